The molecule has 0 N–H and O–H groups in total. The van der Waals surface area contributed by atoms with Gasteiger partial charge in [-0.1, -0.05) is 178 Å². The largest absolute Gasteiger partial charge is 0.307 e. The Balaban J connectivity index is 1.23. The Labute approximate surface area is 421 Å². The minimum absolute atomic E-state index is 0.592. The molecule has 0 atom stereocenters. The van der Waals surface area contributed by atoms with Crippen molar-refractivity contribution in [1.29, 1.82) is 5.26 Å². The van der Waals surface area contributed by atoms with Crippen LogP contribution < -0.4 is 0 Å². The smallest absolute Gasteiger partial charge is 0.0991 e. The molecule has 4 heteroatoms. The van der Waals surface area contributed by atoms with Gasteiger partial charge in [0.1, 0.15) is 0 Å². The zero-order chi connectivity index (χ0) is 49.5. The van der Waals surface area contributed by atoms with Crippen molar-refractivity contribution in [2.24, 2.45) is 0 Å². The summed E-state index contributed by atoms with van der Waals surface area (Å²) in [4.78, 5) is 5.26. The number of aromatic nitrogens is 3. The van der Waals surface area contributed by atoms with E-state index in [1.54, 1.807) is 0 Å². The Morgan fingerprint density at radius 1 is 0.319 bits per heavy atom. The van der Waals surface area contributed by atoms with Gasteiger partial charge in [-0.25, -0.2) is 0 Å². The highest BCUT2D eigenvalue weighted by molar-refractivity contribution is 6.14. The first-order valence-corrected chi connectivity index (χ1v) is 24.9. The van der Waals surface area contributed by atoms with E-state index in [2.05, 4.69) is 222 Å². The van der Waals surface area contributed by atoms with Gasteiger partial charge in [0.2, 0.25) is 0 Å². The molecule has 72 heavy (non-hydrogen) atoms. The van der Waals surface area contributed by atoms with Crippen LogP contribution in [0.3, 0.4) is 0 Å². The van der Waals surface area contributed by atoms with Crippen LogP contribution in [0.5, 0.6) is 0 Å². The van der Waals surface area contributed by atoms with E-state index in [0.29, 0.717) is 5.56 Å². The number of rotatable bonds is 7. The standard InChI is InChI=1S/C68H54N4/c1-40-20-41(2)25-54(24-40)49-12-16-58-59-17-13-50(55-26-42(3)21-43(4)27-55)34-63(59)71(62(58)33-49)66-38-70-39-67(68(66)53-11-9-10-48(32-53)37-69)72-64-35-51(56-28-44(5)22-45(6)29-56)14-18-60(64)61-19-15-52(36-65(61)72)57-30-46(7)23-47(8)31-57/h9-36,38-39H,1-8H3. The first-order valence-electron chi connectivity index (χ1n) is 24.9. The molecule has 0 fully saturated rings. The fraction of sp³-hybridized carbons (Fsp3) is 0.118. The van der Waals surface area contributed by atoms with Crippen molar-refractivity contribution >= 4 is 43.6 Å². The highest BCUT2D eigenvalue weighted by atomic mass is 15.0. The molecule has 0 saturated carbocycles. The third kappa shape index (κ3) is 7.75. The minimum Gasteiger partial charge on any atom is -0.307 e. The summed E-state index contributed by atoms with van der Waals surface area (Å²) in [6.45, 7) is 17.4. The Morgan fingerprint density at radius 2 is 0.625 bits per heavy atom. The van der Waals surface area contributed by atoms with Gasteiger partial charge >= 0.3 is 0 Å². The highest BCUT2D eigenvalue weighted by Gasteiger charge is 2.24. The lowest BCUT2D eigenvalue weighted by atomic mass is 9.98. The van der Waals surface area contributed by atoms with Gasteiger partial charge in [-0.2, -0.15) is 5.26 Å². The van der Waals surface area contributed by atoms with E-state index in [1.165, 1.54) is 66.8 Å². The lowest BCUT2D eigenvalue weighted by molar-refractivity contribution is 1.09. The molecular weight excluding hydrogens is 873 g/mol. The van der Waals surface area contributed by atoms with Crippen LogP contribution in [0.15, 0.2) is 182 Å². The summed E-state index contributed by atoms with van der Waals surface area (Å²) in [7, 11) is 0. The Bertz CT molecular complexity index is 3720. The van der Waals surface area contributed by atoms with Crippen molar-refractivity contribution in [3.05, 3.63) is 232 Å². The molecule has 0 radical (unpaired) electrons. The molecule has 0 unspecified atom stereocenters. The minimum atomic E-state index is 0.592. The molecule has 4 nitrogen and oxygen atoms in total. The molecule has 0 aliphatic carbocycles. The number of nitrogens with zero attached hydrogens (tertiary/aromatic N) is 4. The van der Waals surface area contributed by atoms with Crippen LogP contribution in [0, 0.1) is 66.7 Å². The van der Waals surface area contributed by atoms with Crippen LogP contribution in [0.2, 0.25) is 0 Å². The quantitative estimate of drug-likeness (QED) is 0.160. The topological polar surface area (TPSA) is 46.5 Å². The van der Waals surface area contributed by atoms with Crippen molar-refractivity contribution in [1.82, 2.24) is 14.1 Å². The summed E-state index contributed by atoms with van der Waals surface area (Å²) in [5.41, 5.74) is 27.8. The van der Waals surface area contributed by atoms with Gasteiger partial charge in [0.05, 0.1) is 57.5 Å². The van der Waals surface area contributed by atoms with Gasteiger partial charge in [0, 0.05) is 27.1 Å². The van der Waals surface area contributed by atoms with Gasteiger partial charge in [-0.3, -0.25) is 4.98 Å². The first kappa shape index (κ1) is 44.4. The fourth-order valence-corrected chi connectivity index (χ4v) is 11.7. The van der Waals surface area contributed by atoms with E-state index in [9.17, 15) is 5.26 Å². The van der Waals surface area contributed by atoms with Crippen LogP contribution in [0.4, 0.5) is 0 Å². The molecule has 12 aromatic rings. The second-order valence-corrected chi connectivity index (χ2v) is 20.3. The lowest BCUT2D eigenvalue weighted by Crippen LogP contribution is -2.05. The Hall–Kier alpha value is -8.78. The predicted octanol–water partition coefficient (Wildman–Crippen LogP) is 17.9. The van der Waals surface area contributed by atoms with Gasteiger partial charge < -0.3 is 9.13 Å². The number of hydrogen-bond acceptors (Lipinski definition) is 2. The SMILES string of the molecule is Cc1cc(C)cc(-c2ccc3c4ccc(-c5cc(C)cc(C)c5)cc4n(-c4cncc(-n5c6cc(-c7cc(C)cc(C)c7)ccc6c6ccc(-c7cc(C)cc(C)c7)cc65)c4-c4cccc(C#N)c4)c3c2)c1. The third-order valence-electron chi connectivity index (χ3n) is 14.4. The molecular formula is C68H54N4. The molecule has 0 spiro atoms. The van der Waals surface area contributed by atoms with Crippen LogP contribution in [-0.4, -0.2) is 14.1 Å². The van der Waals surface area contributed by atoms with E-state index in [-0.39, 0.29) is 0 Å². The number of benzene rings is 9. The average molecular weight is 927 g/mol. The summed E-state index contributed by atoms with van der Waals surface area (Å²) in [5.74, 6) is 0. The zero-order valence-electron chi connectivity index (χ0n) is 42.1. The van der Waals surface area contributed by atoms with Crippen molar-refractivity contribution in [3.63, 3.8) is 0 Å². The van der Waals surface area contributed by atoms with Gasteiger partial charge in [-0.05, 0) is 142 Å². The molecule has 0 saturated heterocycles. The van der Waals surface area contributed by atoms with Gasteiger partial charge in [0.15, 0.2) is 0 Å². The second kappa shape index (κ2) is 17.3. The molecule has 9 aromatic carbocycles. The van der Waals surface area contributed by atoms with Crippen LogP contribution >= 0.6 is 0 Å². The summed E-state index contributed by atoms with van der Waals surface area (Å²) >= 11 is 0. The van der Waals surface area contributed by atoms with E-state index >= 15 is 0 Å². The zero-order valence-corrected chi connectivity index (χ0v) is 42.1. The molecule has 12 rings (SSSR count). The van der Waals surface area contributed by atoms with Crippen LogP contribution in [-0.2, 0) is 0 Å². The van der Waals surface area contributed by atoms with E-state index in [4.69, 9.17) is 4.98 Å². The van der Waals surface area contributed by atoms with Crippen LogP contribution in [0.1, 0.15) is 50.1 Å². The van der Waals surface area contributed by atoms with E-state index < -0.39 is 0 Å². The Kier molecular flexibility index (Phi) is 10.7. The third-order valence-corrected chi connectivity index (χ3v) is 14.4. The molecule has 3 heterocycles. The summed E-state index contributed by atoms with van der Waals surface area (Å²) in [5, 5.41) is 15.1. The number of nitriles is 1. The predicted molar refractivity (Wildman–Crippen MR) is 303 cm³/mol. The molecule has 3 aromatic heterocycles. The summed E-state index contributed by atoms with van der Waals surface area (Å²) in [6, 6.07) is 65.4. The maximum absolute atomic E-state index is 10.5. The van der Waals surface area contributed by atoms with Crippen molar-refractivity contribution < 1.29 is 0 Å². The van der Waals surface area contributed by atoms with E-state index in [1.807, 2.05) is 30.6 Å². The molecule has 0 amide bonds. The molecule has 346 valence electrons. The van der Waals surface area contributed by atoms with Gasteiger partial charge in [-0.15, -0.1) is 0 Å². The Morgan fingerprint density at radius 3 is 0.917 bits per heavy atom. The molecule has 0 aliphatic heterocycles. The second-order valence-electron chi connectivity index (χ2n) is 20.3. The van der Waals surface area contributed by atoms with Crippen LogP contribution in [0.25, 0.3) is 111 Å². The maximum atomic E-state index is 10.5. The van der Waals surface area contributed by atoms with Gasteiger partial charge in [0.25, 0.3) is 0 Å². The maximum Gasteiger partial charge on any atom is 0.0991 e. The number of pyridine rings is 1. The van der Waals surface area contributed by atoms with E-state index in [0.717, 1.165) is 88.4 Å². The fourth-order valence-electron chi connectivity index (χ4n) is 11.7. The molecule has 0 bridgehead atoms. The van der Waals surface area contributed by atoms with Crippen molar-refractivity contribution in [3.8, 4) is 73.1 Å². The lowest BCUT2D eigenvalue weighted by Gasteiger charge is -2.20. The van der Waals surface area contributed by atoms with Crippen molar-refractivity contribution in [2.75, 3.05) is 0 Å². The number of aryl methyl sites for hydroxylation is 8. The monoisotopic (exact) mass is 926 g/mol. The number of fused-ring (bicyclic) bond motifs is 6. The summed E-state index contributed by atoms with van der Waals surface area (Å²) in [6.07, 6.45) is 4.05. The first-order chi connectivity index (χ1) is 34.8. The van der Waals surface area contributed by atoms with Crippen molar-refractivity contribution in [2.45, 2.75) is 55.4 Å². The normalized spacial score (nSPS) is 11.6. The number of hydrogen-bond donors (Lipinski definition) is 0. The average Bonchev–Trinajstić information content (AvgIpc) is 3.86. The summed E-state index contributed by atoms with van der Waals surface area (Å²) < 4.78 is 4.87. The molecule has 0 aliphatic rings. The highest BCUT2D eigenvalue weighted by Crippen LogP contribution is 2.45.